The predicted molar refractivity (Wildman–Crippen MR) is 82.1 cm³/mol. The number of carbonyl (C=O) groups is 1. The number of carbonyl (C=O) groups excluding carboxylic acids is 1. The zero-order chi connectivity index (χ0) is 15.5. The lowest BCUT2D eigenvalue weighted by Crippen LogP contribution is -2.37. The third kappa shape index (κ3) is 3.06. The minimum atomic E-state index is -0.722. The number of benzene rings is 2. The zero-order valence-corrected chi connectivity index (χ0v) is 12.7. The Morgan fingerprint density at radius 2 is 1.95 bits per heavy atom. The molecule has 1 atom stereocenters. The van der Waals surface area contributed by atoms with E-state index in [9.17, 15) is 4.79 Å². The molecule has 0 radical (unpaired) electrons. The molecule has 0 spiro atoms. The molecule has 1 aliphatic heterocycles. The topological polar surface area (TPSA) is 44.8 Å². The van der Waals surface area contributed by atoms with Gasteiger partial charge in [-0.1, -0.05) is 35.9 Å². The molecule has 22 heavy (non-hydrogen) atoms. The molecule has 0 fully saturated rings. The third-order valence-corrected chi connectivity index (χ3v) is 3.65. The summed E-state index contributed by atoms with van der Waals surface area (Å²) in [5.41, 5.74) is 3.25. The van der Waals surface area contributed by atoms with E-state index in [1.807, 2.05) is 50.2 Å². The summed E-state index contributed by atoms with van der Waals surface area (Å²) in [5.74, 6) is 0.818. The Hall–Kier alpha value is -2.49. The Labute approximate surface area is 129 Å². The van der Waals surface area contributed by atoms with Crippen molar-refractivity contribution < 1.29 is 19.0 Å². The van der Waals surface area contributed by atoms with Crippen molar-refractivity contribution in [2.24, 2.45) is 0 Å². The lowest BCUT2D eigenvalue weighted by molar-refractivity contribution is -0.155. The van der Waals surface area contributed by atoms with Crippen molar-refractivity contribution in [2.75, 3.05) is 6.61 Å². The van der Waals surface area contributed by atoms with Gasteiger partial charge in [-0.3, -0.25) is 0 Å². The molecule has 0 bridgehead atoms. The molecular weight excluding hydrogens is 280 g/mol. The maximum Gasteiger partial charge on any atom is 0.351 e. The Morgan fingerprint density at radius 1 is 1.18 bits per heavy atom. The molecule has 0 aliphatic carbocycles. The van der Waals surface area contributed by atoms with Gasteiger partial charge in [-0.15, -0.1) is 0 Å². The molecule has 1 heterocycles. The average molecular weight is 298 g/mol. The van der Waals surface area contributed by atoms with Crippen LogP contribution >= 0.6 is 0 Å². The Kier molecular flexibility index (Phi) is 4.00. The molecular formula is C18H18O4. The number of rotatable bonds is 3. The van der Waals surface area contributed by atoms with Crippen LogP contribution in [-0.2, 0) is 16.1 Å². The first-order valence-corrected chi connectivity index (χ1v) is 7.25. The molecule has 4 heteroatoms. The van der Waals surface area contributed by atoms with Gasteiger partial charge in [0.25, 0.3) is 0 Å². The molecule has 2 aromatic carbocycles. The van der Waals surface area contributed by atoms with Crippen LogP contribution in [0.4, 0.5) is 0 Å². The normalized spacial score (nSPS) is 16.2. The Bertz CT molecular complexity index is 693. The van der Waals surface area contributed by atoms with Crippen LogP contribution in [0.1, 0.15) is 16.7 Å². The highest BCUT2D eigenvalue weighted by atomic mass is 16.6. The Morgan fingerprint density at radius 3 is 2.77 bits per heavy atom. The predicted octanol–water partition coefficient (Wildman–Crippen LogP) is 3.19. The summed E-state index contributed by atoms with van der Waals surface area (Å²) in [6.07, 6.45) is -0.722. The average Bonchev–Trinajstić information content (AvgIpc) is 2.55. The van der Waals surface area contributed by atoms with Gasteiger partial charge in [-0.2, -0.15) is 0 Å². The van der Waals surface area contributed by atoms with E-state index < -0.39 is 12.1 Å². The molecule has 0 amide bonds. The van der Waals surface area contributed by atoms with E-state index in [-0.39, 0.29) is 13.2 Å². The molecule has 0 unspecified atom stereocenters. The smallest absolute Gasteiger partial charge is 0.351 e. The van der Waals surface area contributed by atoms with Crippen LogP contribution in [0.5, 0.6) is 11.5 Å². The summed E-state index contributed by atoms with van der Waals surface area (Å²) in [5, 5.41) is 0. The first-order valence-electron chi connectivity index (χ1n) is 7.25. The number of aryl methyl sites for hydroxylation is 2. The van der Waals surface area contributed by atoms with Crippen molar-refractivity contribution in [3.63, 3.8) is 0 Å². The summed E-state index contributed by atoms with van der Waals surface area (Å²) in [7, 11) is 0. The summed E-state index contributed by atoms with van der Waals surface area (Å²) >= 11 is 0. The highest BCUT2D eigenvalue weighted by Crippen LogP contribution is 2.31. The van der Waals surface area contributed by atoms with Crippen LogP contribution in [-0.4, -0.2) is 18.7 Å². The van der Waals surface area contributed by atoms with E-state index in [4.69, 9.17) is 14.2 Å². The van der Waals surface area contributed by atoms with E-state index in [0.717, 1.165) is 16.7 Å². The summed E-state index contributed by atoms with van der Waals surface area (Å²) in [6.45, 7) is 4.43. The fraction of sp³-hybridized carbons (Fsp3) is 0.278. The zero-order valence-electron chi connectivity index (χ0n) is 12.7. The minimum absolute atomic E-state index is 0.169. The van der Waals surface area contributed by atoms with Crippen LogP contribution in [0.25, 0.3) is 0 Å². The van der Waals surface area contributed by atoms with Gasteiger partial charge in [0.15, 0.2) is 11.5 Å². The number of para-hydroxylation sites is 2. The van der Waals surface area contributed by atoms with Gasteiger partial charge in [-0.05, 0) is 37.1 Å². The van der Waals surface area contributed by atoms with Crippen LogP contribution in [0.3, 0.4) is 0 Å². The first-order chi connectivity index (χ1) is 10.6. The molecule has 0 N–H and O–H groups in total. The molecule has 4 nitrogen and oxygen atoms in total. The number of ether oxygens (including phenoxy) is 3. The maximum absolute atomic E-state index is 12.2. The van der Waals surface area contributed by atoms with Crippen molar-refractivity contribution >= 4 is 5.97 Å². The van der Waals surface area contributed by atoms with Gasteiger partial charge in [0.2, 0.25) is 6.10 Å². The molecule has 3 rings (SSSR count). The standard InChI is InChI=1S/C18H18O4/c1-12-7-8-13(2)14(9-12)10-21-18(19)17-11-20-15-5-3-4-6-16(15)22-17/h3-9,17H,10-11H2,1-2H3/t17-/m1/s1. The highest BCUT2D eigenvalue weighted by molar-refractivity contribution is 5.76. The van der Waals surface area contributed by atoms with Crippen molar-refractivity contribution in [1.82, 2.24) is 0 Å². The van der Waals surface area contributed by atoms with E-state index in [1.165, 1.54) is 0 Å². The van der Waals surface area contributed by atoms with E-state index in [2.05, 4.69) is 0 Å². The summed E-state index contributed by atoms with van der Waals surface area (Å²) < 4.78 is 16.5. The van der Waals surface area contributed by atoms with E-state index in [0.29, 0.717) is 11.5 Å². The molecule has 0 saturated heterocycles. The second-order valence-electron chi connectivity index (χ2n) is 5.40. The summed E-state index contributed by atoms with van der Waals surface area (Å²) in [6, 6.07) is 13.4. The molecule has 114 valence electrons. The third-order valence-electron chi connectivity index (χ3n) is 3.65. The second-order valence-corrected chi connectivity index (χ2v) is 5.40. The molecule has 2 aromatic rings. The number of fused-ring (bicyclic) bond motifs is 1. The summed E-state index contributed by atoms with van der Waals surface area (Å²) in [4.78, 5) is 12.2. The van der Waals surface area contributed by atoms with Crippen molar-refractivity contribution in [3.05, 3.63) is 59.2 Å². The Balaban J connectivity index is 1.62. The molecule has 0 saturated carbocycles. The van der Waals surface area contributed by atoms with Crippen LogP contribution in [0.2, 0.25) is 0 Å². The lowest BCUT2D eigenvalue weighted by atomic mass is 10.1. The molecule has 1 aliphatic rings. The van der Waals surface area contributed by atoms with Crippen molar-refractivity contribution in [3.8, 4) is 11.5 Å². The number of esters is 1. The number of hydrogen-bond acceptors (Lipinski definition) is 4. The van der Waals surface area contributed by atoms with Gasteiger partial charge in [0.05, 0.1) is 0 Å². The molecule has 0 aromatic heterocycles. The van der Waals surface area contributed by atoms with E-state index in [1.54, 1.807) is 6.07 Å². The first kappa shape index (κ1) is 14.4. The van der Waals surface area contributed by atoms with Crippen molar-refractivity contribution in [1.29, 1.82) is 0 Å². The van der Waals surface area contributed by atoms with Crippen LogP contribution < -0.4 is 9.47 Å². The van der Waals surface area contributed by atoms with E-state index >= 15 is 0 Å². The second kappa shape index (κ2) is 6.10. The fourth-order valence-corrected chi connectivity index (χ4v) is 2.33. The van der Waals surface area contributed by atoms with Gasteiger partial charge in [0.1, 0.15) is 13.2 Å². The SMILES string of the molecule is Cc1ccc(C)c(COC(=O)[C@H]2COc3ccccc3O2)c1. The minimum Gasteiger partial charge on any atom is -0.485 e. The van der Waals surface area contributed by atoms with Crippen molar-refractivity contribution in [2.45, 2.75) is 26.6 Å². The van der Waals surface area contributed by atoms with Gasteiger partial charge in [0, 0.05) is 0 Å². The quantitative estimate of drug-likeness (QED) is 0.816. The highest BCUT2D eigenvalue weighted by Gasteiger charge is 2.28. The van der Waals surface area contributed by atoms with Crippen LogP contribution in [0.15, 0.2) is 42.5 Å². The van der Waals surface area contributed by atoms with Gasteiger partial charge >= 0.3 is 5.97 Å². The van der Waals surface area contributed by atoms with Gasteiger partial charge < -0.3 is 14.2 Å². The maximum atomic E-state index is 12.2. The van der Waals surface area contributed by atoms with Crippen LogP contribution in [0, 0.1) is 13.8 Å². The monoisotopic (exact) mass is 298 g/mol. The lowest BCUT2D eigenvalue weighted by Gasteiger charge is -2.25. The number of hydrogen-bond donors (Lipinski definition) is 0. The fourth-order valence-electron chi connectivity index (χ4n) is 2.33. The van der Waals surface area contributed by atoms with Gasteiger partial charge in [-0.25, -0.2) is 4.79 Å². The largest absolute Gasteiger partial charge is 0.485 e.